The van der Waals surface area contributed by atoms with Gasteiger partial charge >= 0.3 is 0 Å². The lowest BCUT2D eigenvalue weighted by Crippen LogP contribution is -2.41. The molecule has 0 saturated heterocycles. The van der Waals surface area contributed by atoms with Crippen LogP contribution < -0.4 is 14.8 Å². The lowest BCUT2D eigenvalue weighted by Gasteiger charge is -2.24. The smallest absolute Gasteiger partial charge is 0.239 e. The van der Waals surface area contributed by atoms with Gasteiger partial charge in [-0.25, -0.2) is 0 Å². The van der Waals surface area contributed by atoms with E-state index in [0.717, 1.165) is 30.4 Å². The topological polar surface area (TPSA) is 93.9 Å². The molecule has 0 bridgehead atoms. The van der Waals surface area contributed by atoms with Gasteiger partial charge < -0.3 is 24.2 Å². The molecule has 0 saturated carbocycles. The van der Waals surface area contributed by atoms with E-state index in [4.69, 9.17) is 14.0 Å². The zero-order valence-corrected chi connectivity index (χ0v) is 18.5. The van der Waals surface area contributed by atoms with Crippen molar-refractivity contribution in [3.63, 3.8) is 0 Å². The average molecular weight is 430 g/mol. The van der Waals surface area contributed by atoms with Crippen molar-refractivity contribution in [2.24, 2.45) is 0 Å². The molecular weight excluding hydrogens is 398 g/mol. The molecule has 1 aromatic heterocycles. The Morgan fingerprint density at radius 2 is 2.06 bits per heavy atom. The summed E-state index contributed by atoms with van der Waals surface area (Å²) in [6.45, 7) is 7.38. The maximum atomic E-state index is 13.2. The highest BCUT2D eigenvalue weighted by molar-refractivity contribution is 5.86. The Balaban J connectivity index is 1.90. The summed E-state index contributed by atoms with van der Waals surface area (Å²) < 4.78 is 17.0. The van der Waals surface area contributed by atoms with Gasteiger partial charge in [-0.05, 0) is 46.1 Å². The van der Waals surface area contributed by atoms with Crippen LogP contribution in [-0.2, 0) is 22.6 Å². The number of hydrogen-bond acceptors (Lipinski definition) is 6. The van der Waals surface area contributed by atoms with Gasteiger partial charge in [0.05, 0.1) is 38.4 Å². The van der Waals surface area contributed by atoms with Crippen LogP contribution in [0.4, 0.5) is 0 Å². The fourth-order valence-corrected chi connectivity index (χ4v) is 3.61. The maximum absolute atomic E-state index is 13.2. The second-order valence-electron chi connectivity index (χ2n) is 7.67. The van der Waals surface area contributed by atoms with E-state index in [1.165, 1.54) is 0 Å². The number of aromatic nitrogens is 1. The minimum Gasteiger partial charge on any atom is -0.490 e. The molecule has 1 aliphatic rings. The van der Waals surface area contributed by atoms with Crippen LogP contribution >= 0.6 is 0 Å². The number of aryl methyl sites for hydroxylation is 2. The van der Waals surface area contributed by atoms with Gasteiger partial charge in [-0.15, -0.1) is 0 Å². The highest BCUT2D eigenvalue weighted by atomic mass is 16.5. The molecule has 1 aromatic carbocycles. The summed E-state index contributed by atoms with van der Waals surface area (Å²) in [5.74, 6) is 1.56. The minimum atomic E-state index is -0.174. The third kappa shape index (κ3) is 5.99. The summed E-state index contributed by atoms with van der Waals surface area (Å²) in [6.07, 6.45) is 2.81. The molecule has 168 valence electrons. The van der Waals surface area contributed by atoms with Gasteiger partial charge in [0.1, 0.15) is 5.76 Å². The van der Waals surface area contributed by atoms with E-state index in [1.807, 2.05) is 32.0 Å². The van der Waals surface area contributed by atoms with Gasteiger partial charge in [0, 0.05) is 17.7 Å². The Bertz CT molecular complexity index is 889. The van der Waals surface area contributed by atoms with Crippen molar-refractivity contribution in [1.82, 2.24) is 15.4 Å². The fourth-order valence-electron chi connectivity index (χ4n) is 3.61. The van der Waals surface area contributed by atoms with Crippen molar-refractivity contribution >= 4 is 11.8 Å². The normalized spacial score (nSPS) is 15.6. The van der Waals surface area contributed by atoms with Crippen LogP contribution in [-0.4, -0.2) is 48.2 Å². The van der Waals surface area contributed by atoms with Crippen molar-refractivity contribution in [1.29, 1.82) is 0 Å². The zero-order chi connectivity index (χ0) is 22.2. The average Bonchev–Trinajstić information content (AvgIpc) is 3.06. The number of para-hydroxylation sites is 1. The number of rotatable bonds is 4. The maximum Gasteiger partial charge on any atom is 0.239 e. The van der Waals surface area contributed by atoms with Gasteiger partial charge in [0.2, 0.25) is 11.8 Å². The molecular formula is C23H31N3O5. The van der Waals surface area contributed by atoms with E-state index in [-0.39, 0.29) is 31.3 Å². The highest BCUT2D eigenvalue weighted by Crippen LogP contribution is 2.33. The zero-order valence-electron chi connectivity index (χ0n) is 18.5. The number of carbonyl (C=O) groups is 2. The second-order valence-corrected chi connectivity index (χ2v) is 7.67. The first-order valence-corrected chi connectivity index (χ1v) is 10.8. The Hall–Kier alpha value is -3.03. The number of fused-ring (bicyclic) bond motifs is 1. The monoisotopic (exact) mass is 429 g/mol. The second kappa shape index (κ2) is 10.8. The van der Waals surface area contributed by atoms with Gasteiger partial charge in [0.25, 0.3) is 0 Å². The molecule has 1 aliphatic heterocycles. The molecule has 0 spiro atoms. The Kier molecular flexibility index (Phi) is 7.92. The van der Waals surface area contributed by atoms with Crippen molar-refractivity contribution in [3.8, 4) is 11.5 Å². The standard InChI is InChI=1S/C23H31N3O5/c1-4-29-20-10-8-9-18-14-26(22(28)13-19-16(2)25-31-17(19)3)15-21(27)24-11-6-5-7-12-30-23(18)20/h8-10H,4-7,11-15H2,1-3H3,(H,24,27). The summed E-state index contributed by atoms with van der Waals surface area (Å²) in [6, 6.07) is 5.65. The predicted molar refractivity (Wildman–Crippen MR) is 115 cm³/mol. The molecule has 3 rings (SSSR count). The molecule has 0 fully saturated rings. The van der Waals surface area contributed by atoms with E-state index < -0.39 is 0 Å². The van der Waals surface area contributed by atoms with Crippen LogP contribution in [0.1, 0.15) is 48.8 Å². The van der Waals surface area contributed by atoms with Crippen molar-refractivity contribution in [2.75, 3.05) is 26.3 Å². The first-order valence-electron chi connectivity index (χ1n) is 10.8. The van der Waals surface area contributed by atoms with E-state index in [2.05, 4.69) is 10.5 Å². The molecule has 31 heavy (non-hydrogen) atoms. The Labute approximate surface area is 182 Å². The predicted octanol–water partition coefficient (Wildman–Crippen LogP) is 2.94. The molecule has 2 amide bonds. The molecule has 2 aromatic rings. The number of nitrogens with zero attached hydrogens (tertiary/aromatic N) is 2. The van der Waals surface area contributed by atoms with Gasteiger partial charge in [-0.1, -0.05) is 17.3 Å². The molecule has 0 aliphatic carbocycles. The third-order valence-electron chi connectivity index (χ3n) is 5.31. The molecule has 0 unspecified atom stereocenters. The Morgan fingerprint density at radius 1 is 1.23 bits per heavy atom. The first-order chi connectivity index (χ1) is 15.0. The van der Waals surface area contributed by atoms with Gasteiger partial charge in [0.15, 0.2) is 11.5 Å². The van der Waals surface area contributed by atoms with Crippen LogP contribution in [0.5, 0.6) is 11.5 Å². The lowest BCUT2D eigenvalue weighted by molar-refractivity contribution is -0.136. The molecule has 8 heteroatoms. The number of benzene rings is 1. The number of amides is 2. The number of ether oxygens (including phenoxy) is 2. The summed E-state index contributed by atoms with van der Waals surface area (Å²) in [4.78, 5) is 27.3. The van der Waals surface area contributed by atoms with Crippen molar-refractivity contribution < 1.29 is 23.6 Å². The van der Waals surface area contributed by atoms with Crippen LogP contribution in [0.2, 0.25) is 0 Å². The molecule has 2 heterocycles. The summed E-state index contributed by atoms with van der Waals surface area (Å²) in [5, 5.41) is 6.84. The minimum absolute atomic E-state index is 0.0273. The number of nitrogens with one attached hydrogen (secondary N) is 1. The van der Waals surface area contributed by atoms with Crippen LogP contribution in [0.3, 0.4) is 0 Å². The Morgan fingerprint density at radius 3 is 2.81 bits per heavy atom. The summed E-state index contributed by atoms with van der Waals surface area (Å²) in [7, 11) is 0. The molecule has 0 atom stereocenters. The van der Waals surface area contributed by atoms with Crippen LogP contribution in [0.25, 0.3) is 0 Å². The van der Waals surface area contributed by atoms with Gasteiger partial charge in [-0.2, -0.15) is 0 Å². The van der Waals surface area contributed by atoms with Crippen molar-refractivity contribution in [2.45, 2.75) is 53.0 Å². The number of hydrogen-bond donors (Lipinski definition) is 1. The quantitative estimate of drug-likeness (QED) is 0.803. The molecule has 1 N–H and O–H groups in total. The first kappa shape index (κ1) is 22.7. The van der Waals surface area contributed by atoms with E-state index in [1.54, 1.807) is 11.8 Å². The SMILES string of the molecule is CCOc1cccc2c1OCCCCCNC(=O)CN(C(=O)Cc1c(C)noc1C)C2. The van der Waals surface area contributed by atoms with Gasteiger partial charge in [-0.3, -0.25) is 9.59 Å². The largest absolute Gasteiger partial charge is 0.490 e. The lowest BCUT2D eigenvalue weighted by atomic mass is 10.1. The third-order valence-corrected chi connectivity index (χ3v) is 5.31. The molecule has 0 radical (unpaired) electrons. The van der Waals surface area contributed by atoms with E-state index in [0.29, 0.717) is 42.7 Å². The van der Waals surface area contributed by atoms with Crippen LogP contribution in [0, 0.1) is 13.8 Å². The van der Waals surface area contributed by atoms with E-state index >= 15 is 0 Å². The van der Waals surface area contributed by atoms with Crippen molar-refractivity contribution in [3.05, 3.63) is 40.8 Å². The van der Waals surface area contributed by atoms with E-state index in [9.17, 15) is 9.59 Å². The summed E-state index contributed by atoms with van der Waals surface area (Å²) >= 11 is 0. The fraction of sp³-hybridized carbons (Fsp3) is 0.522. The summed E-state index contributed by atoms with van der Waals surface area (Å²) in [5.41, 5.74) is 2.25. The molecule has 8 nitrogen and oxygen atoms in total. The highest BCUT2D eigenvalue weighted by Gasteiger charge is 2.23. The number of carbonyl (C=O) groups excluding carboxylic acids is 2. The van der Waals surface area contributed by atoms with Crippen LogP contribution in [0.15, 0.2) is 22.7 Å².